The molecular formula is C11H11NO4S. The lowest BCUT2D eigenvalue weighted by atomic mass is 10.2. The highest BCUT2D eigenvalue weighted by atomic mass is 32.2. The van der Waals surface area contributed by atoms with Crippen LogP contribution in [0, 0.1) is 0 Å². The molecule has 0 spiro atoms. The standard InChI is InChI=1S/C11H11NO4S/c1-12-9-4-3-8(17(2,15)16)5-7(9)6-10(12)11(13)14/h3-6H,1-2H3,(H,13,14). The Hall–Kier alpha value is -1.82. The van der Waals surface area contributed by atoms with Crippen molar-refractivity contribution in [2.75, 3.05) is 6.26 Å². The predicted octanol–water partition coefficient (Wildman–Crippen LogP) is 1.28. The Bertz CT molecular complexity index is 712. The Labute approximate surface area is 98.2 Å². The van der Waals surface area contributed by atoms with Crippen molar-refractivity contribution in [1.29, 1.82) is 0 Å². The van der Waals surface area contributed by atoms with Crippen molar-refractivity contribution in [3.05, 3.63) is 30.0 Å². The number of aromatic nitrogens is 1. The third kappa shape index (κ3) is 1.91. The van der Waals surface area contributed by atoms with Crippen molar-refractivity contribution < 1.29 is 18.3 Å². The van der Waals surface area contributed by atoms with E-state index in [2.05, 4.69) is 0 Å². The molecule has 1 aromatic carbocycles. The normalized spacial score (nSPS) is 11.9. The van der Waals surface area contributed by atoms with E-state index in [1.807, 2.05) is 0 Å². The van der Waals surface area contributed by atoms with Gasteiger partial charge in [-0.1, -0.05) is 0 Å². The fraction of sp³-hybridized carbons (Fsp3) is 0.182. The minimum Gasteiger partial charge on any atom is -0.477 e. The third-order valence-electron chi connectivity index (χ3n) is 2.66. The number of fused-ring (bicyclic) bond motifs is 1. The summed E-state index contributed by atoms with van der Waals surface area (Å²) in [4.78, 5) is 11.1. The number of aromatic carboxylic acids is 1. The van der Waals surface area contributed by atoms with Crippen LogP contribution in [0.2, 0.25) is 0 Å². The van der Waals surface area contributed by atoms with Gasteiger partial charge in [-0.2, -0.15) is 0 Å². The van der Waals surface area contributed by atoms with Crippen molar-refractivity contribution in [3.8, 4) is 0 Å². The molecule has 0 saturated carbocycles. The molecule has 1 heterocycles. The molecule has 0 bridgehead atoms. The van der Waals surface area contributed by atoms with Crippen LogP contribution in [-0.4, -0.2) is 30.3 Å². The summed E-state index contributed by atoms with van der Waals surface area (Å²) in [6.45, 7) is 0. The summed E-state index contributed by atoms with van der Waals surface area (Å²) >= 11 is 0. The Morgan fingerprint density at radius 3 is 2.47 bits per heavy atom. The largest absolute Gasteiger partial charge is 0.477 e. The van der Waals surface area contributed by atoms with Crippen molar-refractivity contribution in [3.63, 3.8) is 0 Å². The lowest BCUT2D eigenvalue weighted by Crippen LogP contribution is -2.03. The van der Waals surface area contributed by atoms with Gasteiger partial charge >= 0.3 is 5.97 Å². The summed E-state index contributed by atoms with van der Waals surface area (Å²) in [7, 11) is -1.64. The summed E-state index contributed by atoms with van der Waals surface area (Å²) in [5.41, 5.74) is 0.820. The van der Waals surface area contributed by atoms with Crippen molar-refractivity contribution in [1.82, 2.24) is 4.57 Å². The van der Waals surface area contributed by atoms with Gasteiger partial charge in [-0.05, 0) is 24.3 Å². The zero-order valence-corrected chi connectivity index (χ0v) is 10.2. The average molecular weight is 253 g/mol. The van der Waals surface area contributed by atoms with Crippen LogP contribution in [0.1, 0.15) is 10.5 Å². The monoisotopic (exact) mass is 253 g/mol. The molecule has 6 heteroatoms. The van der Waals surface area contributed by atoms with Crippen molar-refractivity contribution in [2.24, 2.45) is 7.05 Å². The number of carbonyl (C=O) groups is 1. The minimum absolute atomic E-state index is 0.130. The Morgan fingerprint density at radius 1 is 1.29 bits per heavy atom. The second-order valence-corrected chi connectivity index (χ2v) is 5.90. The molecule has 0 amide bonds. The summed E-state index contributed by atoms with van der Waals surface area (Å²) in [5.74, 6) is -1.04. The molecule has 1 N–H and O–H groups in total. The van der Waals surface area contributed by atoms with Gasteiger partial charge in [0.2, 0.25) is 0 Å². The van der Waals surface area contributed by atoms with Crippen LogP contribution in [-0.2, 0) is 16.9 Å². The van der Waals surface area contributed by atoms with Gasteiger partial charge in [-0.25, -0.2) is 13.2 Å². The molecule has 17 heavy (non-hydrogen) atoms. The maximum absolute atomic E-state index is 11.4. The van der Waals surface area contributed by atoms with Crippen LogP contribution in [0.25, 0.3) is 10.9 Å². The second-order valence-electron chi connectivity index (χ2n) is 3.89. The fourth-order valence-electron chi connectivity index (χ4n) is 1.76. The topological polar surface area (TPSA) is 76.4 Å². The quantitative estimate of drug-likeness (QED) is 0.874. The van der Waals surface area contributed by atoms with Crippen LogP contribution in [0.5, 0.6) is 0 Å². The van der Waals surface area contributed by atoms with E-state index in [0.717, 1.165) is 6.26 Å². The number of nitrogens with zero attached hydrogens (tertiary/aromatic N) is 1. The van der Waals surface area contributed by atoms with Gasteiger partial charge in [0.05, 0.1) is 4.90 Å². The second kappa shape index (κ2) is 3.59. The van der Waals surface area contributed by atoms with Gasteiger partial charge in [0, 0.05) is 24.2 Å². The molecule has 2 aromatic rings. The van der Waals surface area contributed by atoms with Gasteiger partial charge in [0.25, 0.3) is 0 Å². The van der Waals surface area contributed by atoms with E-state index in [9.17, 15) is 13.2 Å². The number of carboxylic acids is 1. The van der Waals surface area contributed by atoms with E-state index in [1.165, 1.54) is 22.8 Å². The van der Waals surface area contributed by atoms with E-state index >= 15 is 0 Å². The van der Waals surface area contributed by atoms with Gasteiger partial charge in [-0.15, -0.1) is 0 Å². The minimum atomic E-state index is -3.27. The number of rotatable bonds is 2. The maximum Gasteiger partial charge on any atom is 0.352 e. The van der Waals surface area contributed by atoms with Gasteiger partial charge < -0.3 is 9.67 Å². The lowest BCUT2D eigenvalue weighted by Gasteiger charge is -2.00. The summed E-state index contributed by atoms with van der Waals surface area (Å²) < 4.78 is 24.3. The van der Waals surface area contributed by atoms with Crippen LogP contribution >= 0.6 is 0 Å². The van der Waals surface area contributed by atoms with Crippen LogP contribution in [0.3, 0.4) is 0 Å². The number of aryl methyl sites for hydroxylation is 1. The average Bonchev–Trinajstić information content (AvgIpc) is 2.54. The van der Waals surface area contributed by atoms with Gasteiger partial charge in [-0.3, -0.25) is 0 Å². The van der Waals surface area contributed by atoms with E-state index in [0.29, 0.717) is 10.9 Å². The first-order chi connectivity index (χ1) is 7.80. The zero-order chi connectivity index (χ0) is 12.8. The number of hydrogen-bond acceptors (Lipinski definition) is 3. The molecule has 0 unspecified atom stereocenters. The Morgan fingerprint density at radius 2 is 1.94 bits per heavy atom. The van der Waals surface area contributed by atoms with Gasteiger partial charge in [0.1, 0.15) is 5.69 Å². The van der Waals surface area contributed by atoms with E-state index in [4.69, 9.17) is 5.11 Å². The first-order valence-corrected chi connectivity index (χ1v) is 6.72. The first-order valence-electron chi connectivity index (χ1n) is 4.83. The van der Waals surface area contributed by atoms with Crippen molar-refractivity contribution >= 4 is 26.7 Å². The Kier molecular flexibility index (Phi) is 2.46. The first kappa shape index (κ1) is 11.7. The maximum atomic E-state index is 11.4. The molecule has 5 nitrogen and oxygen atoms in total. The molecule has 1 aromatic heterocycles. The molecule has 0 aliphatic heterocycles. The fourth-order valence-corrected chi connectivity index (χ4v) is 2.42. The Balaban J connectivity index is 2.77. The highest BCUT2D eigenvalue weighted by Gasteiger charge is 2.14. The molecule has 2 rings (SSSR count). The molecule has 90 valence electrons. The summed E-state index contributed by atoms with van der Waals surface area (Å²) in [6, 6.07) is 6.03. The molecule has 0 aliphatic carbocycles. The van der Waals surface area contributed by atoms with E-state index in [1.54, 1.807) is 13.1 Å². The highest BCUT2D eigenvalue weighted by molar-refractivity contribution is 7.90. The predicted molar refractivity (Wildman–Crippen MR) is 63.0 cm³/mol. The summed E-state index contributed by atoms with van der Waals surface area (Å²) in [6.07, 6.45) is 1.12. The molecule has 0 radical (unpaired) electrons. The third-order valence-corrected chi connectivity index (χ3v) is 3.77. The van der Waals surface area contributed by atoms with Crippen LogP contribution in [0.4, 0.5) is 0 Å². The SMILES string of the molecule is Cn1c(C(=O)O)cc2cc(S(C)(=O)=O)ccc21. The van der Waals surface area contributed by atoms with Crippen molar-refractivity contribution in [2.45, 2.75) is 4.90 Å². The number of hydrogen-bond donors (Lipinski definition) is 1. The van der Waals surface area contributed by atoms with Crippen LogP contribution < -0.4 is 0 Å². The zero-order valence-electron chi connectivity index (χ0n) is 9.34. The molecule has 0 saturated heterocycles. The van der Waals surface area contributed by atoms with Crippen LogP contribution in [0.15, 0.2) is 29.2 Å². The van der Waals surface area contributed by atoms with E-state index < -0.39 is 15.8 Å². The molecular weight excluding hydrogens is 242 g/mol. The lowest BCUT2D eigenvalue weighted by molar-refractivity contribution is 0.0687. The van der Waals surface area contributed by atoms with Gasteiger partial charge in [0.15, 0.2) is 9.84 Å². The summed E-state index contributed by atoms with van der Waals surface area (Å²) in [5, 5.41) is 9.56. The molecule has 0 aliphatic rings. The molecule has 0 fully saturated rings. The number of carboxylic acid groups (broad SMARTS) is 1. The highest BCUT2D eigenvalue weighted by Crippen LogP contribution is 2.22. The smallest absolute Gasteiger partial charge is 0.352 e. The number of sulfone groups is 1. The molecule has 0 atom stereocenters. The number of benzene rings is 1. The van der Waals surface area contributed by atoms with E-state index in [-0.39, 0.29) is 10.6 Å².